The van der Waals surface area contributed by atoms with Crippen LogP contribution in [-0.2, 0) is 0 Å². The molecule has 1 unspecified atom stereocenters. The van der Waals surface area contributed by atoms with E-state index in [0.29, 0.717) is 10.9 Å². The smallest absolute Gasteiger partial charge is 0.0614 e. The summed E-state index contributed by atoms with van der Waals surface area (Å²) in [5.74, 6) is 0. The highest BCUT2D eigenvalue weighted by molar-refractivity contribution is 9.09. The molecule has 0 aliphatic heterocycles. The van der Waals surface area contributed by atoms with E-state index in [-0.39, 0.29) is 0 Å². The van der Waals surface area contributed by atoms with Crippen molar-refractivity contribution in [3.63, 3.8) is 0 Å². The van der Waals surface area contributed by atoms with Gasteiger partial charge in [0.2, 0.25) is 0 Å². The Labute approximate surface area is 129 Å². The van der Waals surface area contributed by atoms with Gasteiger partial charge in [-0.25, -0.2) is 0 Å². The molecule has 2 aromatic carbocycles. The first-order chi connectivity index (χ1) is 9.72. The number of nitrogens with zero attached hydrogens (tertiary/aromatic N) is 1. The fourth-order valence-electron chi connectivity index (χ4n) is 3.26. The van der Waals surface area contributed by atoms with E-state index in [2.05, 4.69) is 83.2 Å². The van der Waals surface area contributed by atoms with Crippen molar-refractivity contribution in [2.45, 2.75) is 24.7 Å². The van der Waals surface area contributed by atoms with Gasteiger partial charge in [0.25, 0.3) is 0 Å². The second-order valence-electron chi connectivity index (χ2n) is 5.45. The van der Waals surface area contributed by atoms with Crippen LogP contribution in [0.5, 0.6) is 0 Å². The zero-order chi connectivity index (χ0) is 14.1. The quantitative estimate of drug-likeness (QED) is 0.724. The summed E-state index contributed by atoms with van der Waals surface area (Å²) in [4.78, 5) is 3.06. The Morgan fingerprint density at radius 2 is 1.50 bits per heavy atom. The minimum atomic E-state index is 0.396. The van der Waals surface area contributed by atoms with Crippen LogP contribution >= 0.6 is 15.9 Å². The summed E-state index contributed by atoms with van der Waals surface area (Å²) in [6, 6.07) is 18.0. The molecule has 0 heterocycles. The molecule has 2 aromatic rings. The Hall–Kier alpha value is -1.12. The first-order valence-electron chi connectivity index (χ1n) is 7.28. The summed E-state index contributed by atoms with van der Waals surface area (Å²) >= 11 is 3.70. The van der Waals surface area contributed by atoms with Crippen molar-refractivity contribution < 1.29 is 0 Å². The molecule has 1 aliphatic rings. The van der Waals surface area contributed by atoms with Crippen LogP contribution in [0.15, 0.2) is 48.5 Å². The Bertz CT molecular complexity index is 560. The Balaban J connectivity index is 2.10. The highest BCUT2D eigenvalue weighted by atomic mass is 79.9. The topological polar surface area (TPSA) is 3.24 Å². The molecule has 0 amide bonds. The predicted octanol–water partition coefficient (Wildman–Crippen LogP) is 4.86. The molecular weight excluding hydrogens is 310 g/mol. The summed E-state index contributed by atoms with van der Waals surface area (Å²) in [7, 11) is 0. The third-order valence-electron chi connectivity index (χ3n) is 4.06. The lowest BCUT2D eigenvalue weighted by atomic mass is 10.0. The lowest BCUT2D eigenvalue weighted by Crippen LogP contribution is -2.32. The van der Waals surface area contributed by atoms with Crippen LogP contribution in [0.3, 0.4) is 0 Å². The van der Waals surface area contributed by atoms with E-state index in [1.165, 1.54) is 22.3 Å². The molecule has 0 bridgehead atoms. The summed E-state index contributed by atoms with van der Waals surface area (Å²) in [6.07, 6.45) is 0. The van der Waals surface area contributed by atoms with Gasteiger partial charge in [-0.15, -0.1) is 0 Å². The normalized spacial score (nSPS) is 15.2. The molecule has 0 saturated carbocycles. The van der Waals surface area contributed by atoms with E-state index >= 15 is 0 Å². The Morgan fingerprint density at radius 3 is 1.95 bits per heavy atom. The van der Waals surface area contributed by atoms with Gasteiger partial charge in [0.1, 0.15) is 0 Å². The molecule has 0 fully saturated rings. The van der Waals surface area contributed by atoms with E-state index < -0.39 is 0 Å². The summed E-state index contributed by atoms with van der Waals surface area (Å²) in [6.45, 7) is 6.58. The molecule has 0 spiro atoms. The van der Waals surface area contributed by atoms with E-state index in [1.54, 1.807) is 0 Å². The maximum absolute atomic E-state index is 3.70. The van der Waals surface area contributed by atoms with Crippen molar-refractivity contribution in [3.8, 4) is 11.1 Å². The average Bonchev–Trinajstić information content (AvgIpc) is 2.79. The monoisotopic (exact) mass is 329 g/mol. The molecular formula is C18H20BrN. The SMILES string of the molecule is CCN(CC(C)Br)C1c2ccccc2-c2ccccc21. The number of benzene rings is 2. The first-order valence-corrected chi connectivity index (χ1v) is 8.20. The third-order valence-corrected chi connectivity index (χ3v) is 4.35. The van der Waals surface area contributed by atoms with Gasteiger partial charge >= 0.3 is 0 Å². The molecule has 104 valence electrons. The lowest BCUT2D eigenvalue weighted by molar-refractivity contribution is 0.245. The van der Waals surface area contributed by atoms with Gasteiger partial charge in [-0.2, -0.15) is 0 Å². The molecule has 1 aliphatic carbocycles. The highest BCUT2D eigenvalue weighted by Gasteiger charge is 2.31. The van der Waals surface area contributed by atoms with Crippen LogP contribution in [0.4, 0.5) is 0 Å². The molecule has 1 nitrogen and oxygen atoms in total. The second kappa shape index (κ2) is 5.71. The first kappa shape index (κ1) is 13.8. The summed E-state index contributed by atoms with van der Waals surface area (Å²) in [5, 5.41) is 0. The maximum atomic E-state index is 3.70. The minimum absolute atomic E-state index is 0.396. The molecule has 3 rings (SSSR count). The summed E-state index contributed by atoms with van der Waals surface area (Å²) < 4.78 is 0. The van der Waals surface area contributed by atoms with E-state index in [0.717, 1.165) is 13.1 Å². The summed E-state index contributed by atoms with van der Waals surface area (Å²) in [5.41, 5.74) is 5.69. The van der Waals surface area contributed by atoms with Crippen molar-refractivity contribution in [3.05, 3.63) is 59.7 Å². The number of hydrogen-bond acceptors (Lipinski definition) is 1. The van der Waals surface area contributed by atoms with Gasteiger partial charge in [-0.05, 0) is 28.8 Å². The molecule has 20 heavy (non-hydrogen) atoms. The molecule has 0 saturated heterocycles. The van der Waals surface area contributed by atoms with Gasteiger partial charge in [-0.1, -0.05) is 78.3 Å². The van der Waals surface area contributed by atoms with Crippen molar-refractivity contribution in [1.29, 1.82) is 0 Å². The van der Waals surface area contributed by atoms with Crippen LogP contribution in [0.1, 0.15) is 31.0 Å². The van der Waals surface area contributed by atoms with Crippen molar-refractivity contribution >= 4 is 15.9 Å². The standard InChI is InChI=1S/C18H20BrN/c1-3-20(12-13(2)19)18-16-10-6-4-8-14(16)15-9-5-7-11-17(15)18/h4-11,13,18H,3,12H2,1-2H3. The predicted molar refractivity (Wildman–Crippen MR) is 89.4 cm³/mol. The van der Waals surface area contributed by atoms with Crippen molar-refractivity contribution in [2.75, 3.05) is 13.1 Å². The van der Waals surface area contributed by atoms with Gasteiger partial charge in [-0.3, -0.25) is 4.90 Å². The fraction of sp³-hybridized carbons (Fsp3) is 0.333. The third kappa shape index (κ3) is 2.32. The zero-order valence-electron chi connectivity index (χ0n) is 12.0. The second-order valence-corrected chi connectivity index (χ2v) is 7.01. The molecule has 2 heteroatoms. The van der Waals surface area contributed by atoms with Gasteiger partial charge in [0, 0.05) is 11.4 Å². The van der Waals surface area contributed by atoms with Crippen LogP contribution in [0.2, 0.25) is 0 Å². The number of alkyl halides is 1. The van der Waals surface area contributed by atoms with Crippen LogP contribution in [0.25, 0.3) is 11.1 Å². The Kier molecular flexibility index (Phi) is 3.95. The fourth-order valence-corrected chi connectivity index (χ4v) is 3.63. The van der Waals surface area contributed by atoms with Crippen LogP contribution in [0, 0.1) is 0 Å². The zero-order valence-corrected chi connectivity index (χ0v) is 13.6. The Morgan fingerprint density at radius 1 is 1.00 bits per heavy atom. The maximum Gasteiger partial charge on any atom is 0.0614 e. The average molecular weight is 330 g/mol. The highest BCUT2D eigenvalue weighted by Crippen LogP contribution is 2.46. The van der Waals surface area contributed by atoms with Crippen LogP contribution in [-0.4, -0.2) is 22.8 Å². The van der Waals surface area contributed by atoms with Crippen molar-refractivity contribution in [2.24, 2.45) is 0 Å². The molecule has 0 aromatic heterocycles. The number of halogens is 1. The molecule has 0 N–H and O–H groups in total. The molecule has 0 radical (unpaired) electrons. The minimum Gasteiger partial charge on any atom is -0.292 e. The van der Waals surface area contributed by atoms with Crippen LogP contribution < -0.4 is 0 Å². The molecule has 1 atom stereocenters. The van der Waals surface area contributed by atoms with Crippen molar-refractivity contribution in [1.82, 2.24) is 4.90 Å². The van der Waals surface area contributed by atoms with Gasteiger partial charge in [0.15, 0.2) is 0 Å². The van der Waals surface area contributed by atoms with E-state index in [4.69, 9.17) is 0 Å². The van der Waals surface area contributed by atoms with E-state index in [1.807, 2.05) is 0 Å². The number of fused-ring (bicyclic) bond motifs is 3. The largest absolute Gasteiger partial charge is 0.292 e. The van der Waals surface area contributed by atoms with Gasteiger partial charge < -0.3 is 0 Å². The lowest BCUT2D eigenvalue weighted by Gasteiger charge is -2.30. The number of hydrogen-bond donors (Lipinski definition) is 0. The van der Waals surface area contributed by atoms with Gasteiger partial charge in [0.05, 0.1) is 6.04 Å². The van der Waals surface area contributed by atoms with E-state index in [9.17, 15) is 0 Å². The number of rotatable bonds is 4.